The second kappa shape index (κ2) is 12.9. The van der Waals surface area contributed by atoms with Gasteiger partial charge in [0.1, 0.15) is 18.1 Å². The van der Waals surface area contributed by atoms with Gasteiger partial charge >= 0.3 is 5.97 Å². The smallest absolute Gasteiger partial charge is 0.326 e. The Morgan fingerprint density at radius 3 is 2.22 bits per heavy atom. The number of thioether (sulfide) groups is 1. The van der Waals surface area contributed by atoms with Gasteiger partial charge in [-0.2, -0.15) is 11.8 Å². The molecule has 0 aliphatic carbocycles. The summed E-state index contributed by atoms with van der Waals surface area (Å²) in [6.45, 7) is 0.255. The molecule has 4 unspecified atom stereocenters. The fourth-order valence-electron chi connectivity index (χ4n) is 3.27. The van der Waals surface area contributed by atoms with Gasteiger partial charge in [-0.1, -0.05) is 0 Å². The molecule has 0 spiro atoms. The third-order valence-corrected chi connectivity index (χ3v) is 5.48. The Morgan fingerprint density at radius 1 is 1.06 bits per heavy atom. The summed E-state index contributed by atoms with van der Waals surface area (Å²) < 4.78 is 0. The lowest BCUT2D eigenvalue weighted by Crippen LogP contribution is -2.57. The maximum Gasteiger partial charge on any atom is 0.326 e. The molecule has 9 N–H and O–H groups in total. The number of carboxylic acid groups (broad SMARTS) is 1. The van der Waals surface area contributed by atoms with E-state index in [9.17, 15) is 33.9 Å². The summed E-state index contributed by atoms with van der Waals surface area (Å²) >= 11 is 1.41. The topological polar surface area (TPSA) is 228 Å². The van der Waals surface area contributed by atoms with Crippen molar-refractivity contribution in [1.82, 2.24) is 15.5 Å². The molecule has 5 amide bonds. The van der Waals surface area contributed by atoms with Crippen LogP contribution in [0.15, 0.2) is 0 Å². The zero-order chi connectivity index (χ0) is 24.4. The van der Waals surface area contributed by atoms with Crippen LogP contribution in [0.4, 0.5) is 0 Å². The van der Waals surface area contributed by atoms with E-state index in [2.05, 4.69) is 10.6 Å². The maximum atomic E-state index is 12.9. The highest BCUT2D eigenvalue weighted by molar-refractivity contribution is 7.98. The zero-order valence-corrected chi connectivity index (χ0v) is 18.6. The molecule has 0 aromatic heterocycles. The molecule has 1 heterocycles. The van der Waals surface area contributed by atoms with E-state index in [1.54, 1.807) is 6.26 Å². The van der Waals surface area contributed by atoms with Crippen molar-refractivity contribution in [2.75, 3.05) is 18.6 Å². The summed E-state index contributed by atoms with van der Waals surface area (Å²) in [6.07, 6.45) is 1.86. The molecule has 0 aromatic carbocycles. The number of amides is 5. The zero-order valence-electron chi connectivity index (χ0n) is 17.7. The van der Waals surface area contributed by atoms with Gasteiger partial charge in [-0.25, -0.2) is 4.79 Å². The van der Waals surface area contributed by atoms with Crippen molar-refractivity contribution >= 4 is 47.3 Å². The Bertz CT molecular complexity index is 749. The van der Waals surface area contributed by atoms with Gasteiger partial charge in [-0.05, 0) is 31.3 Å². The highest BCUT2D eigenvalue weighted by atomic mass is 32.2. The van der Waals surface area contributed by atoms with E-state index in [1.807, 2.05) is 0 Å². The van der Waals surface area contributed by atoms with E-state index in [4.69, 9.17) is 17.2 Å². The van der Waals surface area contributed by atoms with Crippen molar-refractivity contribution in [1.29, 1.82) is 0 Å². The van der Waals surface area contributed by atoms with Gasteiger partial charge in [0.15, 0.2) is 0 Å². The molecule has 32 heavy (non-hydrogen) atoms. The van der Waals surface area contributed by atoms with Crippen molar-refractivity contribution in [2.24, 2.45) is 17.2 Å². The van der Waals surface area contributed by atoms with Gasteiger partial charge in [0.25, 0.3) is 0 Å². The van der Waals surface area contributed by atoms with Crippen LogP contribution in [0.2, 0.25) is 0 Å². The third-order valence-electron chi connectivity index (χ3n) is 4.84. The van der Waals surface area contributed by atoms with Gasteiger partial charge in [0.05, 0.1) is 18.9 Å². The molecule has 0 radical (unpaired) electrons. The largest absolute Gasteiger partial charge is 0.480 e. The number of likely N-dealkylation sites (tertiary alicyclic amines) is 1. The van der Waals surface area contributed by atoms with E-state index in [0.717, 1.165) is 0 Å². The average Bonchev–Trinajstić information content (AvgIpc) is 3.18. The van der Waals surface area contributed by atoms with Crippen molar-refractivity contribution in [3.63, 3.8) is 0 Å². The van der Waals surface area contributed by atoms with E-state index in [0.29, 0.717) is 18.6 Å². The minimum absolute atomic E-state index is 0.184. The second-order valence-electron chi connectivity index (χ2n) is 7.38. The molecule has 14 heteroatoms. The Hall–Kier alpha value is -2.87. The molecule has 1 aliphatic rings. The van der Waals surface area contributed by atoms with Crippen LogP contribution in [0.3, 0.4) is 0 Å². The normalized spacial score (nSPS) is 18.3. The molecule has 0 aromatic rings. The summed E-state index contributed by atoms with van der Waals surface area (Å²) in [5.41, 5.74) is 15.8. The van der Waals surface area contributed by atoms with Crippen LogP contribution < -0.4 is 27.8 Å². The fourth-order valence-corrected chi connectivity index (χ4v) is 3.74. The van der Waals surface area contributed by atoms with Gasteiger partial charge in [0, 0.05) is 6.54 Å². The lowest BCUT2D eigenvalue weighted by atomic mass is 10.1. The van der Waals surface area contributed by atoms with Crippen molar-refractivity contribution in [2.45, 2.75) is 56.3 Å². The van der Waals surface area contributed by atoms with Gasteiger partial charge < -0.3 is 37.8 Å². The van der Waals surface area contributed by atoms with E-state index < -0.39 is 66.1 Å². The number of hydrogen-bond acceptors (Lipinski definition) is 8. The van der Waals surface area contributed by atoms with Crippen LogP contribution in [0, 0.1) is 0 Å². The first-order valence-corrected chi connectivity index (χ1v) is 11.3. The predicted octanol–water partition coefficient (Wildman–Crippen LogP) is -3.14. The Balaban J connectivity index is 2.90. The first-order valence-electron chi connectivity index (χ1n) is 9.93. The maximum absolute atomic E-state index is 12.9. The number of nitrogens with one attached hydrogen (secondary N) is 2. The number of carbonyl (C=O) groups is 6. The van der Waals surface area contributed by atoms with Crippen LogP contribution in [0.1, 0.15) is 32.1 Å². The highest BCUT2D eigenvalue weighted by Gasteiger charge is 2.38. The monoisotopic (exact) mass is 474 g/mol. The lowest BCUT2D eigenvalue weighted by Gasteiger charge is -2.28. The molecule has 180 valence electrons. The minimum atomic E-state index is -1.54. The van der Waals surface area contributed by atoms with Crippen LogP contribution in [0.5, 0.6) is 0 Å². The number of hydrogen-bond donors (Lipinski definition) is 6. The molecule has 1 saturated heterocycles. The van der Waals surface area contributed by atoms with Crippen molar-refractivity contribution < 1.29 is 33.9 Å². The molecule has 0 saturated carbocycles. The first kappa shape index (κ1) is 27.2. The lowest BCUT2D eigenvalue weighted by molar-refractivity contribution is -0.144. The molecule has 4 atom stereocenters. The molecule has 1 rings (SSSR count). The number of rotatable bonds is 13. The average molecular weight is 475 g/mol. The number of carbonyl (C=O) groups excluding carboxylic acids is 5. The Labute approximate surface area is 189 Å². The Morgan fingerprint density at radius 2 is 1.69 bits per heavy atom. The minimum Gasteiger partial charge on any atom is -0.480 e. The standard InChI is InChI=1S/C18H30N6O7S/c1-32-6-4-10(15(27)23-11(18(30)31)8-14(21)26)22-16(28)12-3-2-5-24(12)17(29)9(19)7-13(20)25/h9-12H,2-8,19H2,1H3,(H2,20,25)(H2,21,26)(H,22,28)(H,23,27)(H,30,31). The number of aliphatic carboxylic acids is 1. The molecule has 13 nitrogen and oxygen atoms in total. The fraction of sp³-hybridized carbons (Fsp3) is 0.667. The van der Waals surface area contributed by atoms with Crippen molar-refractivity contribution in [3.8, 4) is 0 Å². The number of primary amides is 2. The summed E-state index contributed by atoms with van der Waals surface area (Å²) in [7, 11) is 0. The summed E-state index contributed by atoms with van der Waals surface area (Å²) in [5.74, 6) is -4.61. The van der Waals surface area contributed by atoms with Crippen LogP contribution in [-0.4, -0.2) is 88.2 Å². The molecular formula is C18H30N6O7S. The summed E-state index contributed by atoms with van der Waals surface area (Å²) in [4.78, 5) is 72.7. The predicted molar refractivity (Wildman–Crippen MR) is 115 cm³/mol. The number of nitrogens with zero attached hydrogens (tertiary/aromatic N) is 1. The summed E-state index contributed by atoms with van der Waals surface area (Å²) in [6, 6.07) is -4.71. The first-order chi connectivity index (χ1) is 15.0. The van der Waals surface area contributed by atoms with Crippen LogP contribution in [-0.2, 0) is 28.8 Å². The van der Waals surface area contributed by atoms with E-state index in [-0.39, 0.29) is 19.4 Å². The SMILES string of the molecule is CSCCC(NC(=O)C1CCCN1C(=O)C(N)CC(N)=O)C(=O)NC(CC(N)=O)C(=O)O. The van der Waals surface area contributed by atoms with E-state index in [1.165, 1.54) is 16.7 Å². The molecular weight excluding hydrogens is 444 g/mol. The van der Waals surface area contributed by atoms with Crippen molar-refractivity contribution in [3.05, 3.63) is 0 Å². The Kier molecular flexibility index (Phi) is 10.9. The van der Waals surface area contributed by atoms with Gasteiger partial charge in [0.2, 0.25) is 29.5 Å². The van der Waals surface area contributed by atoms with Gasteiger partial charge in [-0.15, -0.1) is 0 Å². The second-order valence-corrected chi connectivity index (χ2v) is 8.36. The highest BCUT2D eigenvalue weighted by Crippen LogP contribution is 2.19. The number of nitrogens with two attached hydrogens (primary N) is 3. The van der Waals surface area contributed by atoms with Crippen LogP contribution in [0.25, 0.3) is 0 Å². The third kappa shape index (κ3) is 8.34. The quantitative estimate of drug-likeness (QED) is 0.158. The summed E-state index contributed by atoms with van der Waals surface area (Å²) in [5, 5.41) is 14.0. The van der Waals surface area contributed by atoms with Gasteiger partial charge in [-0.3, -0.25) is 24.0 Å². The number of carboxylic acids is 1. The van der Waals surface area contributed by atoms with Crippen LogP contribution >= 0.6 is 11.8 Å². The molecule has 1 fully saturated rings. The molecule has 0 bridgehead atoms. The molecule has 1 aliphatic heterocycles. The van der Waals surface area contributed by atoms with E-state index >= 15 is 0 Å².